The summed E-state index contributed by atoms with van der Waals surface area (Å²) in [6, 6.07) is 18.7. The predicted molar refractivity (Wildman–Crippen MR) is 123 cm³/mol. The van der Waals surface area contributed by atoms with Gasteiger partial charge in [-0.25, -0.2) is 8.42 Å². The molecular formula is C24H28N2O4S. The number of hydrogen-bond acceptors (Lipinski definition) is 4. The summed E-state index contributed by atoms with van der Waals surface area (Å²) in [6.45, 7) is 6.46. The second-order valence-electron chi connectivity index (χ2n) is 7.22. The van der Waals surface area contributed by atoms with Crippen LogP contribution in [0.5, 0.6) is 5.75 Å². The van der Waals surface area contributed by atoms with Crippen LogP contribution in [0.1, 0.15) is 25.0 Å². The van der Waals surface area contributed by atoms with Gasteiger partial charge >= 0.3 is 0 Å². The zero-order valence-electron chi connectivity index (χ0n) is 18.1. The van der Waals surface area contributed by atoms with Crippen LogP contribution in [-0.4, -0.2) is 38.3 Å². The second-order valence-corrected chi connectivity index (χ2v) is 9.16. The minimum absolute atomic E-state index is 0.145. The Hall–Kier alpha value is -2.90. The number of carbonyl (C=O) groups is 1. The monoisotopic (exact) mass is 440 g/mol. The minimum Gasteiger partial charge on any atom is -0.484 e. The number of ether oxygens (including phenoxy) is 1. The smallest absolute Gasteiger partial charge is 0.258 e. The molecule has 0 fully saturated rings. The molecule has 0 saturated heterocycles. The minimum atomic E-state index is -3.53. The zero-order valence-corrected chi connectivity index (χ0v) is 18.9. The lowest BCUT2D eigenvalue weighted by Crippen LogP contribution is -2.30. The summed E-state index contributed by atoms with van der Waals surface area (Å²) in [5.74, 6) is 0.242. The van der Waals surface area contributed by atoms with Crippen molar-refractivity contribution in [2.75, 3.05) is 19.7 Å². The van der Waals surface area contributed by atoms with Crippen molar-refractivity contribution in [2.24, 2.45) is 0 Å². The maximum absolute atomic E-state index is 12.7. The van der Waals surface area contributed by atoms with E-state index in [4.69, 9.17) is 4.74 Å². The molecule has 1 amide bonds. The van der Waals surface area contributed by atoms with Gasteiger partial charge < -0.3 is 10.1 Å². The van der Waals surface area contributed by atoms with E-state index >= 15 is 0 Å². The fourth-order valence-electron chi connectivity index (χ4n) is 3.49. The van der Waals surface area contributed by atoms with Gasteiger partial charge in [-0.2, -0.15) is 4.31 Å². The standard InChI is InChI=1S/C24H28N2O4S/c1-4-26(5-2)31(28,29)21-13-14-23(18(3)15-21)30-17-24(27)25-16-20-11-8-10-19-9-6-7-12-22(19)20/h6-15H,4-5,16-17H2,1-3H3,(H,25,27). The Labute approximate surface area is 183 Å². The Morgan fingerprint density at radius 2 is 1.71 bits per heavy atom. The third-order valence-corrected chi connectivity index (χ3v) is 7.25. The van der Waals surface area contributed by atoms with E-state index in [9.17, 15) is 13.2 Å². The van der Waals surface area contributed by atoms with Crippen molar-refractivity contribution in [1.29, 1.82) is 0 Å². The maximum atomic E-state index is 12.7. The van der Waals surface area contributed by atoms with Gasteiger partial charge in [-0.1, -0.05) is 56.3 Å². The molecule has 0 aliphatic heterocycles. The molecule has 3 rings (SSSR count). The molecule has 0 radical (unpaired) electrons. The summed E-state index contributed by atoms with van der Waals surface area (Å²) in [5.41, 5.74) is 1.70. The van der Waals surface area contributed by atoms with Crippen LogP contribution >= 0.6 is 0 Å². The number of hydrogen-bond donors (Lipinski definition) is 1. The first-order valence-electron chi connectivity index (χ1n) is 10.3. The van der Waals surface area contributed by atoms with Gasteiger partial charge in [-0.3, -0.25) is 4.79 Å². The molecule has 0 bridgehead atoms. The number of aryl methyl sites for hydroxylation is 1. The summed E-state index contributed by atoms with van der Waals surface area (Å²) in [6.07, 6.45) is 0. The summed E-state index contributed by atoms with van der Waals surface area (Å²) >= 11 is 0. The van der Waals surface area contributed by atoms with E-state index in [0.29, 0.717) is 30.9 Å². The first kappa shape index (κ1) is 22.8. The van der Waals surface area contributed by atoms with Crippen molar-refractivity contribution in [3.8, 4) is 5.75 Å². The van der Waals surface area contributed by atoms with Crippen molar-refractivity contribution >= 4 is 26.7 Å². The molecule has 7 heteroatoms. The van der Waals surface area contributed by atoms with Crippen molar-refractivity contribution < 1.29 is 17.9 Å². The molecule has 0 spiro atoms. The number of fused-ring (bicyclic) bond motifs is 1. The Balaban J connectivity index is 1.61. The van der Waals surface area contributed by atoms with Crippen LogP contribution in [0.2, 0.25) is 0 Å². The summed E-state index contributed by atoms with van der Waals surface area (Å²) in [5, 5.41) is 5.11. The molecule has 0 saturated carbocycles. The first-order chi connectivity index (χ1) is 14.9. The van der Waals surface area contributed by atoms with E-state index in [2.05, 4.69) is 5.32 Å². The van der Waals surface area contributed by atoms with Gasteiger partial charge in [0.15, 0.2) is 6.61 Å². The van der Waals surface area contributed by atoms with Crippen LogP contribution in [0.4, 0.5) is 0 Å². The van der Waals surface area contributed by atoms with Crippen LogP contribution in [0.15, 0.2) is 65.6 Å². The van der Waals surface area contributed by atoms with Gasteiger partial charge in [0, 0.05) is 19.6 Å². The molecule has 0 heterocycles. The van der Waals surface area contributed by atoms with Crippen molar-refractivity contribution in [2.45, 2.75) is 32.2 Å². The molecule has 0 unspecified atom stereocenters. The van der Waals surface area contributed by atoms with Crippen LogP contribution < -0.4 is 10.1 Å². The summed E-state index contributed by atoms with van der Waals surface area (Å²) in [4.78, 5) is 12.5. The van der Waals surface area contributed by atoms with E-state index in [-0.39, 0.29) is 17.4 Å². The highest BCUT2D eigenvalue weighted by atomic mass is 32.2. The number of nitrogens with one attached hydrogen (secondary N) is 1. The number of nitrogens with zero attached hydrogens (tertiary/aromatic N) is 1. The highest BCUT2D eigenvalue weighted by molar-refractivity contribution is 7.89. The maximum Gasteiger partial charge on any atom is 0.258 e. The topological polar surface area (TPSA) is 75.7 Å². The Bertz CT molecular complexity index is 1170. The molecule has 0 atom stereocenters. The lowest BCUT2D eigenvalue weighted by atomic mass is 10.0. The Morgan fingerprint density at radius 3 is 2.42 bits per heavy atom. The third-order valence-electron chi connectivity index (χ3n) is 5.20. The number of rotatable bonds is 9. The van der Waals surface area contributed by atoms with Crippen molar-refractivity contribution in [3.05, 3.63) is 71.8 Å². The number of benzene rings is 3. The average molecular weight is 441 g/mol. The normalized spacial score (nSPS) is 11.6. The van der Waals surface area contributed by atoms with Crippen LogP contribution in [-0.2, 0) is 21.4 Å². The third kappa shape index (κ3) is 5.24. The van der Waals surface area contributed by atoms with Gasteiger partial charge in [0.2, 0.25) is 10.0 Å². The molecule has 164 valence electrons. The van der Waals surface area contributed by atoms with Gasteiger partial charge in [-0.05, 0) is 47.0 Å². The highest BCUT2D eigenvalue weighted by Gasteiger charge is 2.22. The van der Waals surface area contributed by atoms with Crippen LogP contribution in [0.3, 0.4) is 0 Å². The quantitative estimate of drug-likeness (QED) is 0.548. The molecule has 3 aromatic carbocycles. The lowest BCUT2D eigenvalue weighted by molar-refractivity contribution is -0.123. The van der Waals surface area contributed by atoms with E-state index in [1.54, 1.807) is 19.1 Å². The van der Waals surface area contributed by atoms with E-state index in [1.165, 1.54) is 10.4 Å². The lowest BCUT2D eigenvalue weighted by Gasteiger charge is -2.19. The largest absolute Gasteiger partial charge is 0.484 e. The van der Waals surface area contributed by atoms with Crippen LogP contribution in [0, 0.1) is 6.92 Å². The first-order valence-corrected chi connectivity index (χ1v) is 11.8. The molecule has 0 aliphatic carbocycles. The number of carbonyl (C=O) groups excluding carboxylic acids is 1. The molecule has 3 aromatic rings. The van der Waals surface area contributed by atoms with E-state index in [1.807, 2.05) is 56.3 Å². The van der Waals surface area contributed by atoms with Crippen molar-refractivity contribution in [1.82, 2.24) is 9.62 Å². The van der Waals surface area contributed by atoms with Crippen molar-refractivity contribution in [3.63, 3.8) is 0 Å². The average Bonchev–Trinajstić information content (AvgIpc) is 2.77. The SMILES string of the molecule is CCN(CC)S(=O)(=O)c1ccc(OCC(=O)NCc2cccc3ccccc23)c(C)c1. The van der Waals surface area contributed by atoms with Gasteiger partial charge in [0.1, 0.15) is 5.75 Å². The zero-order chi connectivity index (χ0) is 22.4. The fraction of sp³-hybridized carbons (Fsp3) is 0.292. The molecule has 31 heavy (non-hydrogen) atoms. The molecular weight excluding hydrogens is 412 g/mol. The number of sulfonamides is 1. The van der Waals surface area contributed by atoms with E-state index < -0.39 is 10.0 Å². The Morgan fingerprint density at radius 1 is 1.00 bits per heavy atom. The Kier molecular flexibility index (Phi) is 7.30. The summed E-state index contributed by atoms with van der Waals surface area (Å²) < 4.78 is 32.4. The molecule has 0 aromatic heterocycles. The molecule has 1 N–H and O–H groups in total. The number of amides is 1. The highest BCUT2D eigenvalue weighted by Crippen LogP contribution is 2.24. The van der Waals surface area contributed by atoms with Gasteiger partial charge in [-0.15, -0.1) is 0 Å². The van der Waals surface area contributed by atoms with Gasteiger partial charge in [0.25, 0.3) is 5.91 Å². The molecule has 6 nitrogen and oxygen atoms in total. The molecule has 0 aliphatic rings. The van der Waals surface area contributed by atoms with Gasteiger partial charge in [0.05, 0.1) is 4.90 Å². The van der Waals surface area contributed by atoms with Crippen LogP contribution in [0.25, 0.3) is 10.8 Å². The van der Waals surface area contributed by atoms with E-state index in [0.717, 1.165) is 16.3 Å². The summed E-state index contributed by atoms with van der Waals surface area (Å²) in [7, 11) is -3.53. The second kappa shape index (κ2) is 9.94. The fourth-order valence-corrected chi connectivity index (χ4v) is 5.04. The predicted octanol–water partition coefficient (Wildman–Crippen LogP) is 3.87.